The quantitative estimate of drug-likeness (QED) is 0.658. The number of benzene rings is 1. The summed E-state index contributed by atoms with van der Waals surface area (Å²) in [5.74, 6) is 1.39. The lowest BCUT2D eigenvalue weighted by Gasteiger charge is -2.10. The maximum absolute atomic E-state index is 11.1. The maximum Gasteiger partial charge on any atom is 0.302 e. The fourth-order valence-corrected chi connectivity index (χ4v) is 3.73. The van der Waals surface area contributed by atoms with E-state index in [1.165, 1.54) is 25.0 Å². The van der Waals surface area contributed by atoms with Gasteiger partial charge in [0, 0.05) is 11.8 Å². The van der Waals surface area contributed by atoms with E-state index < -0.39 is 0 Å². The first-order valence-corrected chi connectivity index (χ1v) is 9.02. The van der Waals surface area contributed by atoms with E-state index in [4.69, 9.17) is 19.9 Å². The minimum atomic E-state index is -0.339. The molecule has 10 heteroatoms. The van der Waals surface area contributed by atoms with Crippen molar-refractivity contribution in [3.05, 3.63) is 24.0 Å². The first-order valence-electron chi connectivity index (χ1n) is 8.21. The molecule has 2 aromatic heterocycles. The van der Waals surface area contributed by atoms with Gasteiger partial charge in [0.05, 0.1) is 6.54 Å². The number of carbonyl (C=O) groups is 1. The number of nitrogen functional groups attached to an aromatic ring is 1. The van der Waals surface area contributed by atoms with Crippen molar-refractivity contribution in [2.45, 2.75) is 30.4 Å². The second-order valence-corrected chi connectivity index (χ2v) is 6.90. The number of rotatable bonds is 5. The van der Waals surface area contributed by atoms with Crippen LogP contribution in [0.25, 0.3) is 11.2 Å². The Morgan fingerprint density at radius 1 is 1.33 bits per heavy atom. The number of ether oxygens (including phenoxy) is 3. The summed E-state index contributed by atoms with van der Waals surface area (Å²) in [6.07, 6.45) is 1.39. The van der Waals surface area contributed by atoms with Crippen LogP contribution in [0.3, 0.4) is 0 Å². The van der Waals surface area contributed by atoms with Crippen LogP contribution >= 0.6 is 11.8 Å². The Balaban J connectivity index is 1.72. The third-order valence-corrected chi connectivity index (χ3v) is 5.17. The third kappa shape index (κ3) is 3.35. The maximum atomic E-state index is 11.1. The lowest BCUT2D eigenvalue weighted by atomic mass is 10.2. The van der Waals surface area contributed by atoms with Gasteiger partial charge in [0.2, 0.25) is 6.79 Å². The molecule has 3 heterocycles. The molecule has 1 aromatic carbocycles. The average molecular weight is 387 g/mol. The molecule has 1 aliphatic rings. The topological polar surface area (TPSA) is 114 Å². The lowest BCUT2D eigenvalue weighted by Crippen LogP contribution is -2.10. The Morgan fingerprint density at radius 2 is 2.11 bits per heavy atom. The fraction of sp³-hybridized carbons (Fsp3) is 0.294. The number of anilines is 1. The van der Waals surface area contributed by atoms with Crippen molar-refractivity contribution in [2.24, 2.45) is 0 Å². The standard InChI is InChI=1S/C17H17N5O4S/c1-9-5-11-12(26-8-25-11)6-13(9)27-17-21-14-15(18)19-7-20-16(14)22(17)3-4-24-10(2)23/h5-7H,3-4,8H2,1-2H3,(H2,18,19,20). The molecular weight excluding hydrogens is 370 g/mol. The second-order valence-electron chi connectivity index (χ2n) is 5.89. The van der Waals surface area contributed by atoms with Crippen LogP contribution in [0, 0.1) is 6.92 Å². The van der Waals surface area contributed by atoms with E-state index in [0.717, 1.165) is 16.2 Å². The molecule has 3 aromatic rings. The van der Waals surface area contributed by atoms with E-state index >= 15 is 0 Å². The Hall–Kier alpha value is -3.01. The van der Waals surface area contributed by atoms with Gasteiger partial charge in [-0.2, -0.15) is 0 Å². The van der Waals surface area contributed by atoms with Gasteiger partial charge in [-0.25, -0.2) is 15.0 Å². The number of imidazole rings is 1. The molecule has 0 atom stereocenters. The molecule has 9 nitrogen and oxygen atoms in total. The molecule has 0 bridgehead atoms. The Kier molecular flexibility index (Phi) is 4.48. The van der Waals surface area contributed by atoms with E-state index in [1.54, 1.807) is 0 Å². The number of aryl methyl sites for hydroxylation is 1. The SMILES string of the molecule is CC(=O)OCCn1c(Sc2cc3c(cc2C)OCO3)nc2c(N)ncnc21. The largest absolute Gasteiger partial charge is 0.464 e. The highest BCUT2D eigenvalue weighted by Crippen LogP contribution is 2.40. The molecule has 0 amide bonds. The van der Waals surface area contributed by atoms with Gasteiger partial charge < -0.3 is 19.9 Å². The van der Waals surface area contributed by atoms with E-state index in [9.17, 15) is 4.79 Å². The fourth-order valence-electron chi connectivity index (χ4n) is 2.73. The monoisotopic (exact) mass is 387 g/mol. The number of nitrogens with zero attached hydrogens (tertiary/aromatic N) is 4. The van der Waals surface area contributed by atoms with Crippen molar-refractivity contribution < 1.29 is 19.0 Å². The van der Waals surface area contributed by atoms with E-state index in [2.05, 4.69) is 15.0 Å². The average Bonchev–Trinajstić information content (AvgIpc) is 3.21. The molecule has 0 aliphatic carbocycles. The van der Waals surface area contributed by atoms with Gasteiger partial charge in [0.15, 0.2) is 33.6 Å². The summed E-state index contributed by atoms with van der Waals surface area (Å²) in [5, 5.41) is 0.673. The van der Waals surface area contributed by atoms with Crippen LogP contribution < -0.4 is 15.2 Å². The van der Waals surface area contributed by atoms with Crippen LogP contribution in [0.2, 0.25) is 0 Å². The van der Waals surface area contributed by atoms with Crippen LogP contribution in [-0.2, 0) is 16.1 Å². The normalized spacial score (nSPS) is 12.5. The van der Waals surface area contributed by atoms with Crippen molar-refractivity contribution in [3.63, 3.8) is 0 Å². The van der Waals surface area contributed by atoms with Crippen molar-refractivity contribution in [1.29, 1.82) is 0 Å². The van der Waals surface area contributed by atoms with Crippen molar-refractivity contribution in [2.75, 3.05) is 19.1 Å². The Morgan fingerprint density at radius 3 is 2.89 bits per heavy atom. The van der Waals surface area contributed by atoms with Crippen molar-refractivity contribution in [3.8, 4) is 11.5 Å². The van der Waals surface area contributed by atoms with Crippen LogP contribution in [0.15, 0.2) is 28.5 Å². The van der Waals surface area contributed by atoms with E-state index in [0.29, 0.717) is 34.4 Å². The predicted molar refractivity (Wildman–Crippen MR) is 97.8 cm³/mol. The number of hydrogen-bond acceptors (Lipinski definition) is 9. The number of carbonyl (C=O) groups excluding carboxylic acids is 1. The molecule has 1 aliphatic heterocycles. The summed E-state index contributed by atoms with van der Waals surface area (Å²) >= 11 is 1.45. The number of nitrogens with two attached hydrogens (primary N) is 1. The van der Waals surface area contributed by atoms with Crippen LogP contribution in [0.5, 0.6) is 11.5 Å². The highest BCUT2D eigenvalue weighted by Gasteiger charge is 2.20. The van der Waals surface area contributed by atoms with Gasteiger partial charge >= 0.3 is 5.97 Å². The highest BCUT2D eigenvalue weighted by atomic mass is 32.2. The summed E-state index contributed by atoms with van der Waals surface area (Å²) in [6.45, 7) is 4.19. The first-order chi connectivity index (χ1) is 13.0. The van der Waals surface area contributed by atoms with Gasteiger partial charge in [-0.3, -0.25) is 9.36 Å². The van der Waals surface area contributed by atoms with Crippen molar-refractivity contribution >= 4 is 34.7 Å². The summed E-state index contributed by atoms with van der Waals surface area (Å²) < 4.78 is 17.8. The van der Waals surface area contributed by atoms with Gasteiger partial charge in [-0.1, -0.05) is 11.8 Å². The molecule has 0 saturated carbocycles. The first kappa shape index (κ1) is 17.4. The number of hydrogen-bond donors (Lipinski definition) is 1. The lowest BCUT2D eigenvalue weighted by molar-refractivity contribution is -0.141. The van der Waals surface area contributed by atoms with Crippen LogP contribution in [-0.4, -0.2) is 38.9 Å². The third-order valence-electron chi connectivity index (χ3n) is 4.02. The molecule has 0 spiro atoms. The minimum Gasteiger partial charge on any atom is -0.464 e. The second kappa shape index (κ2) is 6.95. The van der Waals surface area contributed by atoms with Crippen molar-refractivity contribution in [1.82, 2.24) is 19.5 Å². The smallest absolute Gasteiger partial charge is 0.302 e. The number of esters is 1. The molecule has 140 valence electrons. The summed E-state index contributed by atoms with van der Waals surface area (Å²) in [6, 6.07) is 3.86. The molecule has 4 rings (SSSR count). The molecule has 0 saturated heterocycles. The zero-order valence-corrected chi connectivity index (χ0v) is 15.6. The zero-order chi connectivity index (χ0) is 19.0. The molecular formula is C17H17N5O4S. The van der Waals surface area contributed by atoms with E-state index in [1.807, 2.05) is 23.6 Å². The molecule has 27 heavy (non-hydrogen) atoms. The molecule has 0 radical (unpaired) electrons. The number of fused-ring (bicyclic) bond motifs is 2. The van der Waals surface area contributed by atoms with Gasteiger partial charge in [0.1, 0.15) is 12.9 Å². The number of aromatic nitrogens is 4. The summed E-state index contributed by atoms with van der Waals surface area (Å²) in [5.41, 5.74) is 8.09. The zero-order valence-electron chi connectivity index (χ0n) is 14.8. The summed E-state index contributed by atoms with van der Waals surface area (Å²) in [7, 11) is 0. The minimum absolute atomic E-state index is 0.207. The Bertz CT molecular complexity index is 1040. The van der Waals surface area contributed by atoms with Gasteiger partial charge in [-0.15, -0.1) is 0 Å². The highest BCUT2D eigenvalue weighted by molar-refractivity contribution is 7.99. The van der Waals surface area contributed by atoms with Crippen LogP contribution in [0.4, 0.5) is 5.82 Å². The van der Waals surface area contributed by atoms with Gasteiger partial charge in [0.25, 0.3) is 0 Å². The molecule has 0 fully saturated rings. The van der Waals surface area contributed by atoms with Gasteiger partial charge in [-0.05, 0) is 24.6 Å². The Labute approximate surface area is 158 Å². The predicted octanol–water partition coefficient (Wildman–Crippen LogP) is 2.16. The van der Waals surface area contributed by atoms with E-state index in [-0.39, 0.29) is 19.4 Å². The van der Waals surface area contributed by atoms with Crippen LogP contribution in [0.1, 0.15) is 12.5 Å². The molecule has 0 unspecified atom stereocenters. The molecule has 2 N–H and O–H groups in total. The summed E-state index contributed by atoms with van der Waals surface area (Å²) in [4.78, 5) is 25.0.